The SMILES string of the molecule is CCCN1C(=O)NC(c2ccc(NC(=O)Nc3cccc(F)c3)cc2)C(C(=O)OCC)=C1c1ccccc1. The average molecular weight is 517 g/mol. The molecule has 0 aliphatic carbocycles. The molecule has 4 amide bonds. The van der Waals surface area contributed by atoms with Crippen LogP contribution in [0.1, 0.15) is 37.4 Å². The maximum atomic E-state index is 13.4. The predicted molar refractivity (Wildman–Crippen MR) is 144 cm³/mol. The first kappa shape index (κ1) is 26.4. The van der Waals surface area contributed by atoms with E-state index < -0.39 is 23.9 Å². The molecular weight excluding hydrogens is 487 g/mol. The van der Waals surface area contributed by atoms with Gasteiger partial charge in [0.2, 0.25) is 0 Å². The van der Waals surface area contributed by atoms with Gasteiger partial charge in [0.1, 0.15) is 5.82 Å². The van der Waals surface area contributed by atoms with Crippen molar-refractivity contribution in [1.29, 1.82) is 0 Å². The van der Waals surface area contributed by atoms with Gasteiger partial charge in [0.05, 0.1) is 23.9 Å². The number of carbonyl (C=O) groups is 3. The highest BCUT2D eigenvalue weighted by Crippen LogP contribution is 2.37. The number of urea groups is 2. The summed E-state index contributed by atoms with van der Waals surface area (Å²) in [7, 11) is 0. The molecule has 8 nitrogen and oxygen atoms in total. The molecule has 0 fully saturated rings. The zero-order valence-electron chi connectivity index (χ0n) is 21.2. The maximum Gasteiger partial charge on any atom is 0.338 e. The molecule has 1 aliphatic heterocycles. The van der Waals surface area contributed by atoms with Gasteiger partial charge in [-0.3, -0.25) is 4.90 Å². The van der Waals surface area contributed by atoms with Crippen molar-refractivity contribution in [2.24, 2.45) is 0 Å². The third kappa shape index (κ3) is 6.00. The molecule has 1 unspecified atom stereocenters. The highest BCUT2D eigenvalue weighted by Gasteiger charge is 2.38. The number of hydrogen-bond acceptors (Lipinski definition) is 4. The van der Waals surface area contributed by atoms with E-state index in [2.05, 4.69) is 16.0 Å². The van der Waals surface area contributed by atoms with Crippen LogP contribution in [0.15, 0.2) is 84.4 Å². The Morgan fingerprint density at radius 2 is 1.66 bits per heavy atom. The third-order valence-electron chi connectivity index (χ3n) is 5.90. The van der Waals surface area contributed by atoms with Gasteiger partial charge in [0, 0.05) is 17.9 Å². The Labute approximate surface area is 220 Å². The first-order valence-corrected chi connectivity index (χ1v) is 12.4. The second-order valence-electron chi connectivity index (χ2n) is 8.59. The number of nitrogens with zero attached hydrogens (tertiary/aromatic N) is 1. The summed E-state index contributed by atoms with van der Waals surface area (Å²) in [4.78, 5) is 40.4. The second kappa shape index (κ2) is 12.1. The van der Waals surface area contributed by atoms with Crippen molar-refractivity contribution in [1.82, 2.24) is 10.2 Å². The average Bonchev–Trinajstić information content (AvgIpc) is 2.90. The molecule has 1 aliphatic rings. The standard InChI is InChI=1S/C29H29FN4O4/c1-3-17-34-26(20-9-6-5-7-10-20)24(27(35)38-4-2)25(33-29(34)37)19-13-15-22(16-14-19)31-28(36)32-23-12-8-11-21(30)18-23/h5-16,18,25H,3-4,17H2,1-2H3,(H,33,37)(H2,31,32,36). The monoisotopic (exact) mass is 516 g/mol. The van der Waals surface area contributed by atoms with E-state index in [1.54, 1.807) is 42.2 Å². The number of benzene rings is 3. The van der Waals surface area contributed by atoms with Crippen LogP contribution in [0.4, 0.5) is 25.4 Å². The fourth-order valence-corrected chi connectivity index (χ4v) is 4.29. The fourth-order valence-electron chi connectivity index (χ4n) is 4.29. The van der Waals surface area contributed by atoms with Gasteiger partial charge in [-0.2, -0.15) is 0 Å². The number of ether oxygens (including phenoxy) is 1. The van der Waals surface area contributed by atoms with Gasteiger partial charge in [0.25, 0.3) is 0 Å². The van der Waals surface area contributed by atoms with E-state index in [4.69, 9.17) is 4.74 Å². The Bertz CT molecular complexity index is 1340. The summed E-state index contributed by atoms with van der Waals surface area (Å²) in [6, 6.07) is 20.0. The summed E-state index contributed by atoms with van der Waals surface area (Å²) in [6.07, 6.45) is 0.697. The number of esters is 1. The van der Waals surface area contributed by atoms with Crippen molar-refractivity contribution in [2.75, 3.05) is 23.8 Å². The summed E-state index contributed by atoms with van der Waals surface area (Å²) in [6.45, 7) is 4.30. The van der Waals surface area contributed by atoms with Crippen LogP contribution in [0, 0.1) is 5.82 Å². The molecule has 9 heteroatoms. The predicted octanol–water partition coefficient (Wildman–Crippen LogP) is 5.92. The highest BCUT2D eigenvalue weighted by molar-refractivity contribution is 6.05. The molecule has 0 bridgehead atoms. The molecule has 1 atom stereocenters. The summed E-state index contributed by atoms with van der Waals surface area (Å²) < 4.78 is 18.8. The summed E-state index contributed by atoms with van der Waals surface area (Å²) >= 11 is 0. The molecule has 3 N–H and O–H groups in total. The molecule has 0 saturated carbocycles. The normalized spacial score (nSPS) is 15.1. The van der Waals surface area contributed by atoms with E-state index in [-0.39, 0.29) is 12.6 Å². The number of anilines is 2. The largest absolute Gasteiger partial charge is 0.463 e. The van der Waals surface area contributed by atoms with E-state index in [1.807, 2.05) is 37.3 Å². The van der Waals surface area contributed by atoms with Crippen molar-refractivity contribution in [3.05, 3.63) is 101 Å². The molecule has 3 aromatic rings. The van der Waals surface area contributed by atoms with Gasteiger partial charge in [-0.15, -0.1) is 0 Å². The Hall–Kier alpha value is -4.66. The lowest BCUT2D eigenvalue weighted by Gasteiger charge is -2.36. The zero-order chi connectivity index (χ0) is 27.1. The van der Waals surface area contributed by atoms with Gasteiger partial charge in [0.15, 0.2) is 0 Å². The lowest BCUT2D eigenvalue weighted by molar-refractivity contribution is -0.138. The molecule has 196 valence electrons. The van der Waals surface area contributed by atoms with Crippen LogP contribution >= 0.6 is 0 Å². The Morgan fingerprint density at radius 1 is 0.947 bits per heavy atom. The number of amides is 4. The Morgan fingerprint density at radius 3 is 2.32 bits per heavy atom. The minimum atomic E-state index is -0.764. The van der Waals surface area contributed by atoms with Gasteiger partial charge in [-0.05, 0) is 54.8 Å². The number of nitrogens with one attached hydrogen (secondary N) is 3. The lowest BCUT2D eigenvalue weighted by atomic mass is 9.91. The molecule has 4 rings (SSSR count). The van der Waals surface area contributed by atoms with Crippen LogP contribution in [0.25, 0.3) is 5.70 Å². The van der Waals surface area contributed by atoms with E-state index >= 15 is 0 Å². The number of halogens is 1. The number of rotatable bonds is 8. The van der Waals surface area contributed by atoms with Gasteiger partial charge in [-0.25, -0.2) is 18.8 Å². The molecule has 3 aromatic carbocycles. The molecule has 0 aromatic heterocycles. The van der Waals surface area contributed by atoms with Gasteiger partial charge in [-0.1, -0.05) is 55.5 Å². The summed E-state index contributed by atoms with van der Waals surface area (Å²) in [5.41, 5.74) is 3.01. The van der Waals surface area contributed by atoms with Crippen molar-refractivity contribution in [3.63, 3.8) is 0 Å². The Kier molecular flexibility index (Phi) is 8.37. The number of carbonyl (C=O) groups excluding carboxylic acids is 3. The topological polar surface area (TPSA) is 99.8 Å². The molecular formula is C29H29FN4O4. The number of hydrogen-bond donors (Lipinski definition) is 3. The van der Waals surface area contributed by atoms with Crippen LogP contribution in [0.3, 0.4) is 0 Å². The summed E-state index contributed by atoms with van der Waals surface area (Å²) in [5, 5.41) is 8.21. The van der Waals surface area contributed by atoms with E-state index in [1.165, 1.54) is 18.2 Å². The summed E-state index contributed by atoms with van der Waals surface area (Å²) in [5.74, 6) is -0.978. The van der Waals surface area contributed by atoms with Crippen molar-refractivity contribution in [3.8, 4) is 0 Å². The van der Waals surface area contributed by atoms with Crippen molar-refractivity contribution < 1.29 is 23.5 Å². The van der Waals surface area contributed by atoms with Gasteiger partial charge < -0.3 is 20.7 Å². The highest BCUT2D eigenvalue weighted by atomic mass is 19.1. The van der Waals surface area contributed by atoms with Crippen LogP contribution in [0.2, 0.25) is 0 Å². The third-order valence-corrected chi connectivity index (χ3v) is 5.90. The van der Waals surface area contributed by atoms with E-state index in [9.17, 15) is 18.8 Å². The molecule has 1 heterocycles. The fraction of sp³-hybridized carbons (Fsp3) is 0.207. The van der Waals surface area contributed by atoms with Crippen LogP contribution < -0.4 is 16.0 Å². The first-order valence-electron chi connectivity index (χ1n) is 12.4. The van der Waals surface area contributed by atoms with Crippen LogP contribution in [0.5, 0.6) is 0 Å². The quantitative estimate of drug-likeness (QED) is 0.324. The van der Waals surface area contributed by atoms with Crippen LogP contribution in [-0.4, -0.2) is 36.1 Å². The smallest absolute Gasteiger partial charge is 0.338 e. The van der Waals surface area contributed by atoms with Gasteiger partial charge >= 0.3 is 18.0 Å². The van der Waals surface area contributed by atoms with Crippen molar-refractivity contribution in [2.45, 2.75) is 26.3 Å². The minimum absolute atomic E-state index is 0.183. The second-order valence-corrected chi connectivity index (χ2v) is 8.59. The molecule has 38 heavy (non-hydrogen) atoms. The van der Waals surface area contributed by atoms with Crippen molar-refractivity contribution >= 4 is 35.1 Å². The lowest BCUT2D eigenvalue weighted by Crippen LogP contribution is -2.48. The molecule has 0 saturated heterocycles. The molecule has 0 radical (unpaired) electrons. The zero-order valence-corrected chi connectivity index (χ0v) is 21.2. The van der Waals surface area contributed by atoms with E-state index in [0.29, 0.717) is 41.2 Å². The van der Waals surface area contributed by atoms with Crippen LogP contribution in [-0.2, 0) is 9.53 Å². The first-order chi connectivity index (χ1) is 18.4. The molecule has 0 spiro atoms. The minimum Gasteiger partial charge on any atom is -0.463 e. The van der Waals surface area contributed by atoms with E-state index in [0.717, 1.165) is 5.56 Å². The Balaban J connectivity index is 1.66. The maximum absolute atomic E-state index is 13.4.